The average molecular weight is 261 g/mol. The van der Waals surface area contributed by atoms with Gasteiger partial charge in [-0.25, -0.2) is 0 Å². The van der Waals surface area contributed by atoms with E-state index in [-0.39, 0.29) is 5.91 Å². The van der Waals surface area contributed by atoms with Crippen LogP contribution in [0.4, 0.5) is 0 Å². The van der Waals surface area contributed by atoms with Crippen LogP contribution in [0.1, 0.15) is 17.6 Å². The summed E-state index contributed by atoms with van der Waals surface area (Å²) in [5.41, 5.74) is 0. The van der Waals surface area contributed by atoms with Gasteiger partial charge in [-0.05, 0) is 36.6 Å². The minimum atomic E-state index is 0.00213. The van der Waals surface area contributed by atoms with Crippen LogP contribution in [0.25, 0.3) is 6.08 Å². The average Bonchev–Trinajstić information content (AvgIpc) is 3.06. The molecule has 0 bridgehead atoms. The van der Waals surface area contributed by atoms with Crippen molar-refractivity contribution in [3.05, 3.63) is 52.6 Å². The van der Waals surface area contributed by atoms with Gasteiger partial charge in [0.25, 0.3) is 0 Å². The van der Waals surface area contributed by atoms with Gasteiger partial charge in [-0.3, -0.25) is 4.79 Å². The number of hydrogen-bond acceptors (Lipinski definition) is 3. The van der Waals surface area contributed by atoms with Gasteiger partial charge in [0, 0.05) is 17.5 Å². The molecule has 3 nitrogen and oxygen atoms in total. The molecule has 0 spiro atoms. The molecule has 2 heterocycles. The van der Waals surface area contributed by atoms with Crippen LogP contribution in [0, 0.1) is 0 Å². The first-order valence-electron chi connectivity index (χ1n) is 5.82. The fourth-order valence-electron chi connectivity index (χ4n) is 1.58. The van der Waals surface area contributed by atoms with Crippen molar-refractivity contribution in [1.82, 2.24) is 4.90 Å². The van der Waals surface area contributed by atoms with Crippen LogP contribution in [0.15, 0.2) is 46.4 Å². The van der Waals surface area contributed by atoms with Gasteiger partial charge in [-0.2, -0.15) is 0 Å². The molecule has 0 aromatic carbocycles. The van der Waals surface area contributed by atoms with Gasteiger partial charge in [-0.1, -0.05) is 6.07 Å². The van der Waals surface area contributed by atoms with Crippen molar-refractivity contribution in [3.8, 4) is 0 Å². The molecule has 4 heteroatoms. The van der Waals surface area contributed by atoms with Gasteiger partial charge in [-0.15, -0.1) is 11.3 Å². The van der Waals surface area contributed by atoms with Crippen molar-refractivity contribution in [3.63, 3.8) is 0 Å². The number of nitrogens with zero attached hydrogens (tertiary/aromatic N) is 1. The first-order chi connectivity index (χ1) is 8.79. The molecule has 2 aromatic heterocycles. The summed E-state index contributed by atoms with van der Waals surface area (Å²) in [5, 5.41) is 2.02. The number of likely N-dealkylation sites (N-methyl/N-ethyl adjacent to an activating group) is 1. The van der Waals surface area contributed by atoms with Gasteiger partial charge in [0.15, 0.2) is 0 Å². The predicted octanol–water partition coefficient (Wildman–Crippen LogP) is 3.40. The van der Waals surface area contributed by atoms with Gasteiger partial charge < -0.3 is 9.32 Å². The number of rotatable bonds is 5. The molecule has 0 fully saturated rings. The number of amides is 1. The molecule has 94 valence electrons. The molecular formula is C14H15NO2S. The van der Waals surface area contributed by atoms with Gasteiger partial charge in [0.05, 0.1) is 12.8 Å². The Morgan fingerprint density at radius 1 is 1.44 bits per heavy atom. The summed E-state index contributed by atoms with van der Waals surface area (Å²) in [6.07, 6.45) is 4.84. The third-order valence-electron chi connectivity index (χ3n) is 2.55. The quantitative estimate of drug-likeness (QED) is 0.773. The Labute approximate surface area is 110 Å². The summed E-state index contributed by atoms with van der Waals surface area (Å²) in [6.45, 7) is 3.33. The largest absolute Gasteiger partial charge is 0.465 e. The monoisotopic (exact) mass is 261 g/mol. The molecule has 0 saturated heterocycles. The van der Waals surface area contributed by atoms with Crippen LogP contribution < -0.4 is 0 Å². The first-order valence-corrected chi connectivity index (χ1v) is 6.70. The van der Waals surface area contributed by atoms with E-state index in [9.17, 15) is 4.79 Å². The molecule has 0 atom stereocenters. The summed E-state index contributed by atoms with van der Waals surface area (Å²) in [5.74, 6) is 0.692. The molecule has 0 unspecified atom stereocenters. The Morgan fingerprint density at radius 3 is 2.94 bits per heavy atom. The minimum Gasteiger partial charge on any atom is -0.465 e. The van der Waals surface area contributed by atoms with E-state index < -0.39 is 0 Å². The number of carbonyl (C=O) groups excluding carboxylic acids is 1. The third kappa shape index (κ3) is 3.34. The van der Waals surface area contributed by atoms with E-state index in [2.05, 4.69) is 0 Å². The number of carbonyl (C=O) groups is 1. The van der Waals surface area contributed by atoms with Crippen molar-refractivity contribution in [2.75, 3.05) is 6.54 Å². The standard InChI is InChI=1S/C14H15NO2S/c1-2-15(11-13-6-4-10-18-13)14(16)8-7-12-5-3-9-17-12/h3-10H,2,11H2,1H3/b8-7+. The molecule has 0 aliphatic rings. The predicted molar refractivity (Wildman–Crippen MR) is 73.2 cm³/mol. The minimum absolute atomic E-state index is 0.00213. The summed E-state index contributed by atoms with van der Waals surface area (Å²) in [4.78, 5) is 15.0. The highest BCUT2D eigenvalue weighted by atomic mass is 32.1. The molecule has 0 radical (unpaired) electrons. The van der Waals surface area contributed by atoms with Crippen LogP contribution in [0.2, 0.25) is 0 Å². The molecule has 2 aromatic rings. The highest BCUT2D eigenvalue weighted by Crippen LogP contribution is 2.12. The zero-order valence-electron chi connectivity index (χ0n) is 10.2. The number of thiophene rings is 1. The summed E-state index contributed by atoms with van der Waals surface area (Å²) in [7, 11) is 0. The highest BCUT2D eigenvalue weighted by Gasteiger charge is 2.09. The van der Waals surface area contributed by atoms with E-state index in [1.807, 2.05) is 30.5 Å². The van der Waals surface area contributed by atoms with Crippen LogP contribution in [0.5, 0.6) is 0 Å². The normalized spacial score (nSPS) is 10.9. The zero-order chi connectivity index (χ0) is 12.8. The third-order valence-corrected chi connectivity index (χ3v) is 3.41. The van der Waals surface area contributed by atoms with Crippen molar-refractivity contribution in [2.45, 2.75) is 13.5 Å². The molecule has 18 heavy (non-hydrogen) atoms. The second-order valence-corrected chi connectivity index (χ2v) is 4.81. The van der Waals surface area contributed by atoms with Gasteiger partial charge >= 0.3 is 0 Å². The SMILES string of the molecule is CCN(Cc1cccs1)C(=O)/C=C/c1ccco1. The molecule has 0 aliphatic heterocycles. The highest BCUT2D eigenvalue weighted by molar-refractivity contribution is 7.09. The maximum atomic E-state index is 12.0. The van der Waals surface area contributed by atoms with Gasteiger partial charge in [0.1, 0.15) is 5.76 Å². The maximum Gasteiger partial charge on any atom is 0.247 e. The molecule has 2 rings (SSSR count). The maximum absolute atomic E-state index is 12.0. The fraction of sp³-hybridized carbons (Fsp3) is 0.214. The Hall–Kier alpha value is -1.81. The van der Waals surface area contributed by atoms with Crippen molar-refractivity contribution < 1.29 is 9.21 Å². The Balaban J connectivity index is 1.97. The van der Waals surface area contributed by atoms with Crippen LogP contribution in [-0.2, 0) is 11.3 Å². The molecule has 0 aliphatic carbocycles. The lowest BCUT2D eigenvalue weighted by molar-refractivity contribution is -0.126. The van der Waals surface area contributed by atoms with Crippen LogP contribution in [0.3, 0.4) is 0 Å². The lowest BCUT2D eigenvalue weighted by atomic mass is 10.3. The van der Waals surface area contributed by atoms with Crippen molar-refractivity contribution in [1.29, 1.82) is 0 Å². The summed E-state index contributed by atoms with van der Waals surface area (Å²) < 4.78 is 5.15. The van der Waals surface area contributed by atoms with Crippen LogP contribution in [-0.4, -0.2) is 17.4 Å². The van der Waals surface area contributed by atoms with E-state index in [1.54, 1.807) is 40.7 Å². The van der Waals surface area contributed by atoms with Crippen molar-refractivity contribution in [2.24, 2.45) is 0 Å². The molecule has 1 amide bonds. The van der Waals surface area contributed by atoms with Crippen molar-refractivity contribution >= 4 is 23.3 Å². The topological polar surface area (TPSA) is 33.5 Å². The lowest BCUT2D eigenvalue weighted by Crippen LogP contribution is -2.28. The Bertz CT molecular complexity index is 500. The smallest absolute Gasteiger partial charge is 0.247 e. The zero-order valence-corrected chi connectivity index (χ0v) is 11.0. The summed E-state index contributed by atoms with van der Waals surface area (Å²) >= 11 is 1.66. The lowest BCUT2D eigenvalue weighted by Gasteiger charge is -2.17. The molecule has 0 N–H and O–H groups in total. The Kier molecular flexibility index (Phi) is 4.36. The van der Waals surface area contributed by atoms with E-state index in [0.29, 0.717) is 18.8 Å². The molecular weight excluding hydrogens is 246 g/mol. The second-order valence-electron chi connectivity index (χ2n) is 3.78. The van der Waals surface area contributed by atoms with E-state index in [4.69, 9.17) is 4.42 Å². The van der Waals surface area contributed by atoms with E-state index >= 15 is 0 Å². The number of hydrogen-bond donors (Lipinski definition) is 0. The van der Waals surface area contributed by atoms with E-state index in [0.717, 1.165) is 0 Å². The van der Waals surface area contributed by atoms with Crippen LogP contribution >= 0.6 is 11.3 Å². The number of furan rings is 1. The molecule has 0 saturated carbocycles. The summed E-state index contributed by atoms with van der Waals surface area (Å²) in [6, 6.07) is 7.65. The fourth-order valence-corrected chi connectivity index (χ4v) is 2.30. The van der Waals surface area contributed by atoms with E-state index in [1.165, 1.54) is 4.88 Å². The Morgan fingerprint density at radius 2 is 2.33 bits per heavy atom. The second kappa shape index (κ2) is 6.21. The first kappa shape index (κ1) is 12.6. The van der Waals surface area contributed by atoms with Gasteiger partial charge in [0.2, 0.25) is 5.91 Å².